The summed E-state index contributed by atoms with van der Waals surface area (Å²) in [6.07, 6.45) is 0.625. The Morgan fingerprint density at radius 2 is 2.43 bits per heavy atom. The number of hydrogen-bond acceptors (Lipinski definition) is 2. The molecule has 0 amide bonds. The van der Waals surface area contributed by atoms with Crippen LogP contribution in [0.15, 0.2) is 0 Å². The molecule has 0 bridgehead atoms. The average Bonchev–Trinajstić information content (AvgIpc) is 1.68. The Bertz CT molecular complexity index is 61.1. The van der Waals surface area contributed by atoms with Crippen LogP contribution >= 0.6 is 11.8 Å². The fourth-order valence-electron chi connectivity index (χ4n) is 0.216. The van der Waals surface area contributed by atoms with Crippen molar-refractivity contribution in [3.63, 3.8) is 0 Å². The molecule has 0 aliphatic heterocycles. The molecule has 0 saturated heterocycles. The molecular weight excluding hydrogens is 108 g/mol. The van der Waals surface area contributed by atoms with Gasteiger partial charge in [-0.25, -0.2) is 0 Å². The van der Waals surface area contributed by atoms with E-state index in [0.29, 0.717) is 12.2 Å². The van der Waals surface area contributed by atoms with Crippen molar-refractivity contribution in [2.75, 3.05) is 5.75 Å². The molecule has 0 rings (SSSR count). The molecule has 0 aromatic heterocycles. The zero-order valence-electron chi connectivity index (χ0n) is 4.44. The third kappa shape index (κ3) is 3.86. The second-order valence-corrected chi connectivity index (χ2v) is 2.23. The number of thioether (sulfide) groups is 1. The number of carbonyl (C=O) groups excluding carboxylic acids is 1. The summed E-state index contributed by atoms with van der Waals surface area (Å²) >= 11 is 1.28. The van der Waals surface area contributed by atoms with E-state index in [0.717, 1.165) is 0 Å². The van der Waals surface area contributed by atoms with E-state index in [1.54, 1.807) is 0 Å². The van der Waals surface area contributed by atoms with Gasteiger partial charge in [0.05, 0.1) is 0 Å². The number of carbonyl (C=O) groups is 1. The monoisotopic (exact) mass is 117 g/mol. The molecule has 0 aliphatic carbocycles. The lowest BCUT2D eigenvalue weighted by Gasteiger charge is -1.86. The Morgan fingerprint density at radius 1 is 1.86 bits per heavy atom. The van der Waals surface area contributed by atoms with Crippen molar-refractivity contribution in [1.29, 1.82) is 0 Å². The highest BCUT2D eigenvalue weighted by Gasteiger charge is 1.92. The van der Waals surface area contributed by atoms with Crippen molar-refractivity contribution in [3.8, 4) is 0 Å². The van der Waals surface area contributed by atoms with E-state index in [1.165, 1.54) is 11.8 Å². The highest BCUT2D eigenvalue weighted by Crippen LogP contribution is 2.01. The van der Waals surface area contributed by atoms with Crippen LogP contribution in [-0.2, 0) is 4.79 Å². The van der Waals surface area contributed by atoms with Gasteiger partial charge in [-0.1, -0.05) is 18.7 Å². The molecule has 1 nitrogen and oxygen atoms in total. The van der Waals surface area contributed by atoms with Gasteiger partial charge in [0.2, 0.25) is 0 Å². The van der Waals surface area contributed by atoms with Gasteiger partial charge in [0.15, 0.2) is 5.12 Å². The van der Waals surface area contributed by atoms with Crippen molar-refractivity contribution in [2.24, 2.45) is 0 Å². The van der Waals surface area contributed by atoms with E-state index < -0.39 is 0 Å². The van der Waals surface area contributed by atoms with Gasteiger partial charge in [0, 0.05) is 12.2 Å². The third-order valence-corrected chi connectivity index (χ3v) is 1.37. The maximum Gasteiger partial charge on any atom is 0.188 e. The summed E-state index contributed by atoms with van der Waals surface area (Å²) in [4.78, 5) is 10.3. The largest absolute Gasteiger partial charge is 0.287 e. The molecule has 0 atom stereocenters. The average molecular weight is 117 g/mol. The lowest BCUT2D eigenvalue weighted by Crippen LogP contribution is -1.85. The molecule has 0 heterocycles. The molecule has 1 radical (unpaired) electrons. The Morgan fingerprint density at radius 3 is 2.57 bits per heavy atom. The van der Waals surface area contributed by atoms with Crippen molar-refractivity contribution in [3.05, 3.63) is 6.92 Å². The molecule has 0 aliphatic rings. The van der Waals surface area contributed by atoms with Crippen LogP contribution in [0.4, 0.5) is 0 Å². The molecule has 0 aromatic rings. The second-order valence-electron chi connectivity index (χ2n) is 1.07. The van der Waals surface area contributed by atoms with Gasteiger partial charge in [0.25, 0.3) is 0 Å². The van der Waals surface area contributed by atoms with Gasteiger partial charge in [0.1, 0.15) is 0 Å². The van der Waals surface area contributed by atoms with Crippen molar-refractivity contribution < 1.29 is 4.79 Å². The minimum Gasteiger partial charge on any atom is -0.287 e. The number of rotatable bonds is 2. The predicted octanol–water partition coefficient (Wildman–Crippen LogP) is 1.49. The molecule has 2 heteroatoms. The minimum atomic E-state index is 0.231. The smallest absolute Gasteiger partial charge is 0.188 e. The predicted molar refractivity (Wildman–Crippen MR) is 33.1 cm³/mol. The molecule has 0 aromatic carbocycles. The summed E-state index contributed by atoms with van der Waals surface area (Å²) in [5.74, 6) is 0.659. The van der Waals surface area contributed by atoms with Gasteiger partial charge < -0.3 is 0 Å². The zero-order valence-corrected chi connectivity index (χ0v) is 5.25. The summed E-state index contributed by atoms with van der Waals surface area (Å²) in [6.45, 7) is 5.37. The molecular formula is C5H9OS. The van der Waals surface area contributed by atoms with Gasteiger partial charge >= 0.3 is 0 Å². The highest BCUT2D eigenvalue weighted by molar-refractivity contribution is 8.13. The Hall–Kier alpha value is 0.0200. The van der Waals surface area contributed by atoms with Gasteiger partial charge in [-0.05, 0) is 6.92 Å². The first-order chi connectivity index (χ1) is 3.31. The van der Waals surface area contributed by atoms with E-state index in [9.17, 15) is 4.79 Å². The highest BCUT2D eigenvalue weighted by atomic mass is 32.2. The van der Waals surface area contributed by atoms with Crippen LogP contribution in [0.1, 0.15) is 13.3 Å². The Labute approximate surface area is 48.5 Å². The summed E-state index contributed by atoms with van der Waals surface area (Å²) in [5.41, 5.74) is 0. The minimum absolute atomic E-state index is 0.231. The van der Waals surface area contributed by atoms with E-state index in [1.807, 2.05) is 6.92 Å². The van der Waals surface area contributed by atoms with E-state index in [4.69, 9.17) is 0 Å². The molecule has 0 fully saturated rings. The SMILES string of the molecule is [CH2]CSC(=O)CC. The summed E-state index contributed by atoms with van der Waals surface area (Å²) < 4.78 is 0. The van der Waals surface area contributed by atoms with E-state index in [-0.39, 0.29) is 5.12 Å². The maximum absolute atomic E-state index is 10.3. The lowest BCUT2D eigenvalue weighted by molar-refractivity contribution is -0.110. The third-order valence-electron chi connectivity index (χ3n) is 0.552. The summed E-state index contributed by atoms with van der Waals surface area (Å²) in [6, 6.07) is 0. The van der Waals surface area contributed by atoms with Gasteiger partial charge in [-0.15, -0.1) is 0 Å². The van der Waals surface area contributed by atoms with Crippen molar-refractivity contribution >= 4 is 16.9 Å². The van der Waals surface area contributed by atoms with Crippen LogP contribution < -0.4 is 0 Å². The van der Waals surface area contributed by atoms with Crippen LogP contribution in [0.2, 0.25) is 0 Å². The normalized spacial score (nSPS) is 8.86. The number of hydrogen-bond donors (Lipinski definition) is 0. The maximum atomic E-state index is 10.3. The molecule has 0 unspecified atom stereocenters. The fourth-order valence-corrected chi connectivity index (χ4v) is 0.648. The lowest BCUT2D eigenvalue weighted by atomic mass is 10.6. The molecule has 0 N–H and O–H groups in total. The summed E-state index contributed by atoms with van der Waals surface area (Å²) in [5, 5.41) is 0.231. The van der Waals surface area contributed by atoms with Crippen LogP contribution in [0, 0.1) is 6.92 Å². The second kappa shape index (κ2) is 4.19. The van der Waals surface area contributed by atoms with Crippen LogP contribution in [0.3, 0.4) is 0 Å². The fraction of sp³-hybridized carbons (Fsp3) is 0.600. The molecule has 7 heavy (non-hydrogen) atoms. The molecule has 0 saturated carbocycles. The van der Waals surface area contributed by atoms with Gasteiger partial charge in [-0.2, -0.15) is 0 Å². The Balaban J connectivity index is 3.00. The zero-order chi connectivity index (χ0) is 5.70. The van der Waals surface area contributed by atoms with Crippen molar-refractivity contribution in [1.82, 2.24) is 0 Å². The van der Waals surface area contributed by atoms with Crippen LogP contribution in [-0.4, -0.2) is 10.9 Å². The topological polar surface area (TPSA) is 17.1 Å². The van der Waals surface area contributed by atoms with Crippen LogP contribution in [0.25, 0.3) is 0 Å². The quantitative estimate of drug-likeness (QED) is 0.545. The first-order valence-electron chi connectivity index (χ1n) is 2.26. The summed E-state index contributed by atoms with van der Waals surface area (Å²) in [7, 11) is 0. The Kier molecular flexibility index (Phi) is 4.20. The van der Waals surface area contributed by atoms with E-state index in [2.05, 4.69) is 6.92 Å². The molecule has 0 spiro atoms. The van der Waals surface area contributed by atoms with E-state index >= 15 is 0 Å². The first kappa shape index (κ1) is 7.02. The first-order valence-corrected chi connectivity index (χ1v) is 3.24. The van der Waals surface area contributed by atoms with Crippen molar-refractivity contribution in [2.45, 2.75) is 13.3 Å². The molecule has 41 valence electrons. The van der Waals surface area contributed by atoms with Gasteiger partial charge in [-0.3, -0.25) is 4.79 Å². The van der Waals surface area contributed by atoms with Crippen LogP contribution in [0.5, 0.6) is 0 Å². The standard InChI is InChI=1S/C5H9OS/c1-3-5(6)7-4-2/h2-4H2,1H3.